The van der Waals surface area contributed by atoms with Gasteiger partial charge in [-0.25, -0.2) is 0 Å². The van der Waals surface area contributed by atoms with Gasteiger partial charge in [-0.3, -0.25) is 0 Å². The normalized spacial score (nSPS) is 49.4. The highest BCUT2D eigenvalue weighted by molar-refractivity contribution is 5.02. The molecule has 0 aromatic heterocycles. The molecule has 1 aliphatic heterocycles. The summed E-state index contributed by atoms with van der Waals surface area (Å²) in [5, 5.41) is 0. The highest BCUT2D eigenvalue weighted by Crippen LogP contribution is 2.56. The Hall–Kier alpha value is -0.0800. The summed E-state index contributed by atoms with van der Waals surface area (Å²) in [4.78, 5) is 0. The molecule has 1 heterocycles. The second kappa shape index (κ2) is 9.65. The van der Waals surface area contributed by atoms with E-state index in [0.29, 0.717) is 18.1 Å². The first kappa shape index (κ1) is 21.5. The summed E-state index contributed by atoms with van der Waals surface area (Å²) >= 11 is 0. The van der Waals surface area contributed by atoms with Gasteiger partial charge in [0.1, 0.15) is 0 Å². The van der Waals surface area contributed by atoms with Crippen molar-refractivity contribution in [2.75, 3.05) is 13.2 Å². The first-order chi connectivity index (χ1) is 15.4. The van der Waals surface area contributed by atoms with E-state index in [1.54, 1.807) is 0 Å². The van der Waals surface area contributed by atoms with E-state index in [9.17, 15) is 0 Å². The fourth-order valence-corrected chi connectivity index (χ4v) is 9.77. The summed E-state index contributed by atoms with van der Waals surface area (Å²) < 4.78 is 14.1. The van der Waals surface area contributed by atoms with Gasteiger partial charge in [0.25, 0.3) is 0 Å². The highest BCUT2D eigenvalue weighted by atomic mass is 16.5. The van der Waals surface area contributed by atoms with Crippen LogP contribution in [-0.2, 0) is 9.47 Å². The molecule has 1 saturated heterocycles. The number of rotatable bonds is 1. The summed E-state index contributed by atoms with van der Waals surface area (Å²) in [6.45, 7) is 1.99. The van der Waals surface area contributed by atoms with E-state index in [-0.39, 0.29) is 0 Å². The number of hydrogen-bond acceptors (Lipinski definition) is 2. The number of ether oxygens (including phenoxy) is 2. The SMILES string of the molecule is C1CCC(C2COC3CCC4CCCCC4C3C3C(CCC4CCCCC43)OC2)CC1. The van der Waals surface area contributed by atoms with Gasteiger partial charge in [0, 0.05) is 5.92 Å². The minimum atomic E-state index is 0.542. The summed E-state index contributed by atoms with van der Waals surface area (Å²) in [6, 6.07) is 0. The lowest BCUT2D eigenvalue weighted by atomic mass is 9.53. The molecule has 8 unspecified atom stereocenters. The molecule has 2 heteroatoms. The molecule has 0 aromatic rings. The van der Waals surface area contributed by atoms with Gasteiger partial charge >= 0.3 is 0 Å². The lowest BCUT2D eigenvalue weighted by Crippen LogP contribution is -2.53. The minimum Gasteiger partial charge on any atom is -0.378 e. The topological polar surface area (TPSA) is 18.5 Å². The average molecular weight is 429 g/mol. The quantitative estimate of drug-likeness (QED) is 0.433. The number of fused-ring (bicyclic) bond motifs is 7. The van der Waals surface area contributed by atoms with Crippen molar-refractivity contribution in [3.63, 3.8) is 0 Å². The van der Waals surface area contributed by atoms with Crippen molar-refractivity contribution < 1.29 is 9.47 Å². The van der Waals surface area contributed by atoms with Crippen LogP contribution in [-0.4, -0.2) is 25.4 Å². The lowest BCUT2D eigenvalue weighted by molar-refractivity contribution is -0.140. The summed E-state index contributed by atoms with van der Waals surface area (Å²) in [6.07, 6.45) is 25.8. The third-order valence-corrected chi connectivity index (χ3v) is 11.2. The molecule has 8 atom stereocenters. The van der Waals surface area contributed by atoms with Gasteiger partial charge in [-0.15, -0.1) is 0 Å². The van der Waals surface area contributed by atoms with E-state index in [0.717, 1.165) is 54.6 Å². The molecule has 2 nitrogen and oxygen atoms in total. The Balaban J connectivity index is 1.30. The standard InChI is InChI=1S/C29H48O2/c1-2-8-20(9-3-1)23-18-30-26-16-14-21-10-4-6-12-24(21)28(26)29-25-13-7-5-11-22(25)15-17-27(29)31-19-23/h20-29H,1-19H2. The maximum Gasteiger partial charge on any atom is 0.0610 e. The molecule has 5 saturated carbocycles. The molecule has 176 valence electrons. The molecule has 0 aromatic carbocycles. The highest BCUT2D eigenvalue weighted by Gasteiger charge is 2.53. The Morgan fingerprint density at radius 2 is 0.806 bits per heavy atom. The largest absolute Gasteiger partial charge is 0.378 e. The van der Waals surface area contributed by atoms with Gasteiger partial charge in [0.2, 0.25) is 0 Å². The molecule has 0 amide bonds. The molecule has 6 aliphatic rings. The van der Waals surface area contributed by atoms with Gasteiger partial charge in [-0.1, -0.05) is 70.6 Å². The second-order valence-electron chi connectivity index (χ2n) is 12.6. The van der Waals surface area contributed by atoms with Crippen LogP contribution in [0, 0.1) is 47.3 Å². The van der Waals surface area contributed by atoms with Gasteiger partial charge in [-0.2, -0.15) is 0 Å². The predicted octanol–water partition coefficient (Wildman–Crippen LogP) is 7.40. The average Bonchev–Trinajstić information content (AvgIpc) is 2.92. The van der Waals surface area contributed by atoms with E-state index in [2.05, 4.69) is 0 Å². The van der Waals surface area contributed by atoms with Crippen molar-refractivity contribution in [2.45, 2.75) is 121 Å². The van der Waals surface area contributed by atoms with Crippen molar-refractivity contribution in [2.24, 2.45) is 47.3 Å². The summed E-state index contributed by atoms with van der Waals surface area (Å²) in [5.74, 6) is 7.01. The van der Waals surface area contributed by atoms with Crippen LogP contribution in [0.2, 0.25) is 0 Å². The van der Waals surface area contributed by atoms with Crippen LogP contribution >= 0.6 is 0 Å². The Bertz CT molecular complexity index is 541. The summed E-state index contributed by atoms with van der Waals surface area (Å²) in [7, 11) is 0. The molecule has 0 bridgehead atoms. The molecule has 0 N–H and O–H groups in total. The molecule has 31 heavy (non-hydrogen) atoms. The zero-order valence-corrected chi connectivity index (χ0v) is 20.0. The molecular weight excluding hydrogens is 380 g/mol. The Morgan fingerprint density at radius 1 is 0.355 bits per heavy atom. The van der Waals surface area contributed by atoms with Crippen molar-refractivity contribution in [1.82, 2.24) is 0 Å². The fraction of sp³-hybridized carbons (Fsp3) is 1.00. The van der Waals surface area contributed by atoms with Gasteiger partial charge in [0.15, 0.2) is 0 Å². The molecular formula is C29H48O2. The third kappa shape index (κ3) is 4.27. The van der Waals surface area contributed by atoms with Crippen LogP contribution in [0.15, 0.2) is 0 Å². The van der Waals surface area contributed by atoms with Gasteiger partial charge in [-0.05, 0) is 80.0 Å². The van der Waals surface area contributed by atoms with Crippen LogP contribution < -0.4 is 0 Å². The predicted molar refractivity (Wildman–Crippen MR) is 126 cm³/mol. The Kier molecular flexibility index (Phi) is 6.68. The summed E-state index contributed by atoms with van der Waals surface area (Å²) in [5.41, 5.74) is 0. The van der Waals surface area contributed by atoms with Crippen molar-refractivity contribution in [1.29, 1.82) is 0 Å². The van der Waals surface area contributed by atoms with E-state index < -0.39 is 0 Å². The maximum absolute atomic E-state index is 7.03. The zero-order valence-electron chi connectivity index (χ0n) is 20.0. The van der Waals surface area contributed by atoms with E-state index in [1.165, 1.54) is 109 Å². The van der Waals surface area contributed by atoms with Crippen LogP contribution in [0.3, 0.4) is 0 Å². The smallest absolute Gasteiger partial charge is 0.0610 e. The van der Waals surface area contributed by atoms with Crippen molar-refractivity contribution in [3.05, 3.63) is 0 Å². The van der Waals surface area contributed by atoms with Crippen molar-refractivity contribution >= 4 is 0 Å². The molecule has 0 spiro atoms. The van der Waals surface area contributed by atoms with Crippen LogP contribution in [0.4, 0.5) is 0 Å². The number of hydrogen-bond donors (Lipinski definition) is 0. The maximum atomic E-state index is 7.03. The molecule has 5 aliphatic carbocycles. The molecule has 6 fully saturated rings. The second-order valence-corrected chi connectivity index (χ2v) is 12.6. The van der Waals surface area contributed by atoms with Gasteiger partial charge < -0.3 is 9.47 Å². The Morgan fingerprint density at radius 3 is 1.35 bits per heavy atom. The van der Waals surface area contributed by atoms with E-state index in [1.807, 2.05) is 0 Å². The van der Waals surface area contributed by atoms with Crippen molar-refractivity contribution in [3.8, 4) is 0 Å². The molecule has 6 rings (SSSR count). The minimum absolute atomic E-state index is 0.542. The van der Waals surface area contributed by atoms with Crippen LogP contribution in [0.25, 0.3) is 0 Å². The lowest BCUT2D eigenvalue weighted by Gasteiger charge is -2.55. The fourth-order valence-electron chi connectivity index (χ4n) is 9.77. The monoisotopic (exact) mass is 428 g/mol. The third-order valence-electron chi connectivity index (χ3n) is 11.2. The van der Waals surface area contributed by atoms with Crippen LogP contribution in [0.1, 0.15) is 109 Å². The van der Waals surface area contributed by atoms with Crippen LogP contribution in [0.5, 0.6) is 0 Å². The van der Waals surface area contributed by atoms with E-state index >= 15 is 0 Å². The van der Waals surface area contributed by atoms with E-state index in [4.69, 9.17) is 9.47 Å². The first-order valence-electron chi connectivity index (χ1n) is 14.6. The first-order valence-corrected chi connectivity index (χ1v) is 14.6. The Labute approximate surface area is 191 Å². The zero-order chi connectivity index (χ0) is 20.6. The molecule has 0 radical (unpaired) electrons. The van der Waals surface area contributed by atoms with Gasteiger partial charge in [0.05, 0.1) is 25.4 Å².